The molecule has 1 aromatic carbocycles. The van der Waals surface area contributed by atoms with Crippen molar-refractivity contribution in [2.45, 2.75) is 19.9 Å². The third-order valence-electron chi connectivity index (χ3n) is 2.77. The summed E-state index contributed by atoms with van der Waals surface area (Å²) in [7, 11) is 0. The number of carboxylic acid groups (broad SMARTS) is 1. The summed E-state index contributed by atoms with van der Waals surface area (Å²) in [4.78, 5) is 15.0. The van der Waals surface area contributed by atoms with Crippen LogP contribution in [-0.4, -0.2) is 20.6 Å². The molecule has 4 nitrogen and oxygen atoms in total. The monoisotopic (exact) mass is 248 g/mol. The van der Waals surface area contributed by atoms with E-state index in [9.17, 15) is 9.18 Å². The molecule has 0 bridgehead atoms. The van der Waals surface area contributed by atoms with Crippen LogP contribution >= 0.6 is 0 Å². The fraction of sp³-hybridized carbons (Fsp3) is 0.231. The molecule has 1 aromatic heterocycles. The van der Waals surface area contributed by atoms with E-state index in [1.165, 1.54) is 6.07 Å². The molecule has 2 rings (SSSR count). The van der Waals surface area contributed by atoms with Gasteiger partial charge in [-0.3, -0.25) is 0 Å². The smallest absolute Gasteiger partial charge is 0.338 e. The van der Waals surface area contributed by atoms with Crippen LogP contribution in [0.15, 0.2) is 30.6 Å². The minimum atomic E-state index is -1.25. The van der Waals surface area contributed by atoms with E-state index in [2.05, 4.69) is 4.98 Å². The summed E-state index contributed by atoms with van der Waals surface area (Å²) in [5.41, 5.74) is 0.0493. The van der Waals surface area contributed by atoms with E-state index in [0.29, 0.717) is 5.56 Å². The van der Waals surface area contributed by atoms with Gasteiger partial charge in [0, 0.05) is 24.4 Å². The van der Waals surface area contributed by atoms with Gasteiger partial charge in [0.15, 0.2) is 0 Å². The zero-order chi connectivity index (χ0) is 13.1. The topological polar surface area (TPSA) is 55.1 Å². The van der Waals surface area contributed by atoms with Crippen LogP contribution in [0.25, 0.3) is 0 Å². The molecule has 0 atom stereocenters. The first-order chi connectivity index (χ1) is 8.63. The van der Waals surface area contributed by atoms with Gasteiger partial charge in [-0.05, 0) is 6.07 Å². The van der Waals surface area contributed by atoms with Gasteiger partial charge < -0.3 is 9.67 Å². The molecule has 0 radical (unpaired) electrons. The molecule has 0 spiro atoms. The standard InChI is InChI=1S/C13H13FN2O2/c1-2-11-15-6-7-16(11)8-9-4-3-5-10(12(9)14)13(17)18/h3-7H,2,8H2,1H3,(H,17,18). The molecule has 0 aliphatic carbocycles. The van der Waals surface area contributed by atoms with Crippen LogP contribution in [-0.2, 0) is 13.0 Å². The van der Waals surface area contributed by atoms with Gasteiger partial charge in [-0.15, -0.1) is 0 Å². The molecule has 0 fully saturated rings. The van der Waals surface area contributed by atoms with E-state index in [4.69, 9.17) is 5.11 Å². The number of hydrogen-bond acceptors (Lipinski definition) is 2. The number of aromatic carboxylic acids is 1. The fourth-order valence-corrected chi connectivity index (χ4v) is 1.85. The first kappa shape index (κ1) is 12.3. The Bertz CT molecular complexity index is 578. The highest BCUT2D eigenvalue weighted by Gasteiger charge is 2.14. The highest BCUT2D eigenvalue weighted by atomic mass is 19.1. The fourth-order valence-electron chi connectivity index (χ4n) is 1.85. The minimum absolute atomic E-state index is 0.288. The molecule has 5 heteroatoms. The summed E-state index contributed by atoms with van der Waals surface area (Å²) in [6, 6.07) is 4.39. The number of hydrogen-bond donors (Lipinski definition) is 1. The second-order valence-electron chi connectivity index (χ2n) is 3.91. The summed E-state index contributed by atoms with van der Waals surface area (Å²) in [6.45, 7) is 2.25. The molecule has 0 aliphatic heterocycles. The average molecular weight is 248 g/mol. The molecule has 0 saturated carbocycles. The highest BCUT2D eigenvalue weighted by molar-refractivity contribution is 5.88. The lowest BCUT2D eigenvalue weighted by Gasteiger charge is -2.09. The van der Waals surface area contributed by atoms with Crippen molar-refractivity contribution in [2.75, 3.05) is 0 Å². The molecule has 0 saturated heterocycles. The number of benzene rings is 1. The van der Waals surface area contributed by atoms with Gasteiger partial charge >= 0.3 is 5.97 Å². The van der Waals surface area contributed by atoms with Crippen LogP contribution in [0.1, 0.15) is 28.7 Å². The highest BCUT2D eigenvalue weighted by Crippen LogP contribution is 2.15. The van der Waals surface area contributed by atoms with E-state index < -0.39 is 11.8 Å². The first-order valence-corrected chi connectivity index (χ1v) is 5.64. The van der Waals surface area contributed by atoms with Gasteiger partial charge in [0.25, 0.3) is 0 Å². The van der Waals surface area contributed by atoms with Gasteiger partial charge in [0.05, 0.1) is 12.1 Å². The maximum absolute atomic E-state index is 13.9. The number of rotatable bonds is 4. The molecule has 1 heterocycles. The summed E-state index contributed by atoms with van der Waals surface area (Å²) in [5, 5.41) is 8.86. The van der Waals surface area contributed by atoms with Crippen LogP contribution in [0.3, 0.4) is 0 Å². The first-order valence-electron chi connectivity index (χ1n) is 5.64. The predicted octanol–water partition coefficient (Wildman–Crippen LogP) is 2.33. The van der Waals surface area contributed by atoms with Gasteiger partial charge in [-0.2, -0.15) is 0 Å². The number of carbonyl (C=O) groups is 1. The van der Waals surface area contributed by atoms with Crippen LogP contribution < -0.4 is 0 Å². The Balaban J connectivity index is 2.35. The average Bonchev–Trinajstić information content (AvgIpc) is 2.78. The lowest BCUT2D eigenvalue weighted by atomic mass is 10.1. The molecule has 2 aromatic rings. The van der Waals surface area contributed by atoms with Crippen molar-refractivity contribution < 1.29 is 14.3 Å². The SMILES string of the molecule is CCc1nccn1Cc1cccc(C(=O)O)c1F. The molecule has 1 N–H and O–H groups in total. The zero-order valence-electron chi connectivity index (χ0n) is 9.93. The molecule has 0 aliphatic rings. The Labute approximate surface area is 104 Å². The Hall–Kier alpha value is -2.17. The summed E-state index contributed by atoms with van der Waals surface area (Å²) < 4.78 is 15.7. The quantitative estimate of drug-likeness (QED) is 0.903. The maximum Gasteiger partial charge on any atom is 0.338 e. The minimum Gasteiger partial charge on any atom is -0.478 e. The van der Waals surface area contributed by atoms with E-state index >= 15 is 0 Å². The Morgan fingerprint density at radius 2 is 2.28 bits per heavy atom. The molecule has 0 unspecified atom stereocenters. The second-order valence-corrected chi connectivity index (χ2v) is 3.91. The summed E-state index contributed by atoms with van der Waals surface area (Å²) in [5.74, 6) is -1.09. The van der Waals surface area contributed by atoms with Crippen molar-refractivity contribution in [3.63, 3.8) is 0 Å². The lowest BCUT2D eigenvalue weighted by Crippen LogP contribution is -2.08. The maximum atomic E-state index is 13.9. The van der Waals surface area contributed by atoms with Crippen LogP contribution in [0.2, 0.25) is 0 Å². The van der Waals surface area contributed by atoms with Gasteiger partial charge in [0.1, 0.15) is 11.6 Å². The van der Waals surface area contributed by atoms with E-state index in [-0.39, 0.29) is 12.1 Å². The van der Waals surface area contributed by atoms with Crippen LogP contribution in [0.5, 0.6) is 0 Å². The Morgan fingerprint density at radius 1 is 1.50 bits per heavy atom. The van der Waals surface area contributed by atoms with Gasteiger partial charge in [-0.25, -0.2) is 14.2 Å². The summed E-state index contributed by atoms with van der Waals surface area (Å²) in [6.07, 6.45) is 4.15. The Morgan fingerprint density at radius 3 is 2.94 bits per heavy atom. The van der Waals surface area contributed by atoms with E-state index in [0.717, 1.165) is 12.2 Å². The van der Waals surface area contributed by atoms with Crippen LogP contribution in [0, 0.1) is 5.82 Å². The van der Waals surface area contributed by atoms with Crippen molar-refractivity contribution in [1.82, 2.24) is 9.55 Å². The molecule has 18 heavy (non-hydrogen) atoms. The van der Waals surface area contributed by atoms with E-state index in [1.807, 2.05) is 11.5 Å². The molecule has 94 valence electrons. The molecule has 0 amide bonds. The Kier molecular flexibility index (Phi) is 3.41. The van der Waals surface area contributed by atoms with Crippen molar-refractivity contribution >= 4 is 5.97 Å². The van der Waals surface area contributed by atoms with Crippen molar-refractivity contribution in [3.05, 3.63) is 53.4 Å². The largest absolute Gasteiger partial charge is 0.478 e. The number of aromatic nitrogens is 2. The number of imidazole rings is 1. The number of nitrogens with zero attached hydrogens (tertiary/aromatic N) is 2. The van der Waals surface area contributed by atoms with Crippen LogP contribution in [0.4, 0.5) is 4.39 Å². The van der Waals surface area contributed by atoms with Gasteiger partial charge in [-0.1, -0.05) is 19.1 Å². The lowest BCUT2D eigenvalue weighted by molar-refractivity contribution is 0.0691. The number of halogens is 1. The summed E-state index contributed by atoms with van der Waals surface area (Å²) >= 11 is 0. The third kappa shape index (κ3) is 2.25. The van der Waals surface area contributed by atoms with Crippen molar-refractivity contribution in [2.24, 2.45) is 0 Å². The normalized spacial score (nSPS) is 10.6. The second kappa shape index (κ2) is 5.00. The predicted molar refractivity (Wildman–Crippen MR) is 64.1 cm³/mol. The third-order valence-corrected chi connectivity index (χ3v) is 2.77. The molecular weight excluding hydrogens is 235 g/mol. The van der Waals surface area contributed by atoms with Gasteiger partial charge in [0.2, 0.25) is 0 Å². The zero-order valence-corrected chi connectivity index (χ0v) is 9.93. The number of aryl methyl sites for hydroxylation is 1. The van der Waals surface area contributed by atoms with Crippen molar-refractivity contribution in [1.29, 1.82) is 0 Å². The van der Waals surface area contributed by atoms with Crippen molar-refractivity contribution in [3.8, 4) is 0 Å². The number of carboxylic acids is 1. The molecular formula is C13H13FN2O2. The van der Waals surface area contributed by atoms with E-state index in [1.54, 1.807) is 24.5 Å².